The number of ether oxygens (including phenoxy) is 1. The van der Waals surface area contributed by atoms with E-state index in [0.717, 1.165) is 18.9 Å². The number of anilines is 1. The van der Waals surface area contributed by atoms with E-state index in [1.54, 1.807) is 0 Å². The summed E-state index contributed by atoms with van der Waals surface area (Å²) in [4.78, 5) is 11.8. The molecular formula is C16H13BrF3NO2. The van der Waals surface area contributed by atoms with Crippen molar-refractivity contribution in [1.29, 1.82) is 0 Å². The molecule has 3 rings (SSSR count). The van der Waals surface area contributed by atoms with Gasteiger partial charge in [-0.2, -0.15) is 0 Å². The van der Waals surface area contributed by atoms with E-state index in [0.29, 0.717) is 6.92 Å². The first kappa shape index (κ1) is 16.2. The SMILES string of the molecule is CC(F)(F)[C@@]1(C#CC2CC2)OC(=O)Nc2cc(CBr)c(F)cc21. The third-order valence-electron chi connectivity index (χ3n) is 3.84. The van der Waals surface area contributed by atoms with Crippen LogP contribution in [0.3, 0.4) is 0 Å². The number of alkyl halides is 3. The summed E-state index contributed by atoms with van der Waals surface area (Å²) < 4.78 is 47.8. The normalized spacial score (nSPS) is 23.3. The fraction of sp³-hybridized carbons (Fsp3) is 0.438. The van der Waals surface area contributed by atoms with Crippen LogP contribution in [0.1, 0.15) is 30.9 Å². The molecule has 1 aliphatic carbocycles. The number of amides is 1. The maximum Gasteiger partial charge on any atom is 0.413 e. The van der Waals surface area contributed by atoms with Gasteiger partial charge in [-0.3, -0.25) is 5.32 Å². The molecule has 0 unspecified atom stereocenters. The number of halogens is 4. The van der Waals surface area contributed by atoms with E-state index < -0.39 is 23.4 Å². The van der Waals surface area contributed by atoms with Gasteiger partial charge in [0.05, 0.1) is 5.69 Å². The Hall–Kier alpha value is -1.68. The number of carbonyl (C=O) groups is 1. The highest BCUT2D eigenvalue weighted by atomic mass is 79.9. The fourth-order valence-electron chi connectivity index (χ4n) is 2.40. The Labute approximate surface area is 139 Å². The number of benzene rings is 1. The average Bonchev–Trinajstić information content (AvgIpc) is 3.27. The van der Waals surface area contributed by atoms with Gasteiger partial charge < -0.3 is 4.74 Å². The minimum atomic E-state index is -3.50. The van der Waals surface area contributed by atoms with Crippen LogP contribution in [0.4, 0.5) is 23.7 Å². The van der Waals surface area contributed by atoms with Crippen molar-refractivity contribution in [1.82, 2.24) is 0 Å². The van der Waals surface area contributed by atoms with Crippen LogP contribution < -0.4 is 5.32 Å². The first-order valence-electron chi connectivity index (χ1n) is 7.06. The quantitative estimate of drug-likeness (QED) is 0.597. The lowest BCUT2D eigenvalue weighted by molar-refractivity contribution is -0.142. The van der Waals surface area contributed by atoms with Gasteiger partial charge in [0.2, 0.25) is 0 Å². The van der Waals surface area contributed by atoms with Crippen LogP contribution in [0, 0.1) is 23.6 Å². The smallest absolute Gasteiger partial charge is 0.413 e. The molecule has 7 heteroatoms. The van der Waals surface area contributed by atoms with Crippen LogP contribution in [-0.4, -0.2) is 12.0 Å². The van der Waals surface area contributed by atoms with Gasteiger partial charge in [0.25, 0.3) is 11.5 Å². The summed E-state index contributed by atoms with van der Waals surface area (Å²) in [6.45, 7) is 0.618. The van der Waals surface area contributed by atoms with Crippen LogP contribution in [-0.2, 0) is 15.7 Å². The molecule has 3 nitrogen and oxygen atoms in total. The number of hydrogen-bond donors (Lipinski definition) is 1. The molecule has 2 aliphatic rings. The Kier molecular flexibility index (Phi) is 3.83. The highest BCUT2D eigenvalue weighted by molar-refractivity contribution is 9.08. The minimum Gasteiger partial charge on any atom is -0.418 e. The maximum absolute atomic E-state index is 14.4. The molecule has 1 atom stereocenters. The summed E-state index contributed by atoms with van der Waals surface area (Å²) in [7, 11) is 0. The Morgan fingerprint density at radius 3 is 2.74 bits per heavy atom. The predicted molar refractivity (Wildman–Crippen MR) is 81.9 cm³/mol. The summed E-state index contributed by atoms with van der Waals surface area (Å²) >= 11 is 3.12. The third kappa shape index (κ3) is 2.80. The van der Waals surface area contributed by atoms with E-state index in [1.165, 1.54) is 6.07 Å². The highest BCUT2D eigenvalue weighted by Gasteiger charge is 2.57. The maximum atomic E-state index is 14.4. The molecule has 1 aromatic carbocycles. The lowest BCUT2D eigenvalue weighted by Gasteiger charge is -2.38. The first-order chi connectivity index (χ1) is 10.8. The first-order valence-corrected chi connectivity index (χ1v) is 8.18. The van der Waals surface area contributed by atoms with Crippen LogP contribution >= 0.6 is 15.9 Å². The summed E-state index contributed by atoms with van der Waals surface area (Å²) in [5.74, 6) is 1.01. The van der Waals surface area contributed by atoms with E-state index in [-0.39, 0.29) is 28.1 Å². The van der Waals surface area contributed by atoms with E-state index in [4.69, 9.17) is 4.74 Å². The molecular weight excluding hydrogens is 375 g/mol. The largest absolute Gasteiger partial charge is 0.418 e. The standard InChI is InChI=1S/C16H13BrF3NO2/c1-15(19,20)16(5-4-9-2-3-9)11-7-12(18)10(8-17)6-13(11)21-14(22)23-16/h6-7,9H,2-3,8H2,1H3,(H,21,22)/t16-/m0/s1. The molecule has 0 spiro atoms. The van der Waals surface area contributed by atoms with Gasteiger partial charge >= 0.3 is 6.09 Å². The number of rotatable bonds is 2. The molecule has 1 fully saturated rings. The van der Waals surface area contributed by atoms with E-state index >= 15 is 0 Å². The summed E-state index contributed by atoms with van der Waals surface area (Å²) in [6, 6.07) is 2.28. The highest BCUT2D eigenvalue weighted by Crippen LogP contribution is 2.47. The molecule has 1 saturated carbocycles. The molecule has 1 aliphatic heterocycles. The van der Waals surface area contributed by atoms with Gasteiger partial charge in [0, 0.05) is 29.3 Å². The second-order valence-electron chi connectivity index (χ2n) is 5.75. The second kappa shape index (κ2) is 5.45. The Morgan fingerprint density at radius 1 is 1.48 bits per heavy atom. The van der Waals surface area contributed by atoms with Gasteiger partial charge in [0.1, 0.15) is 5.82 Å². The molecule has 1 aromatic rings. The van der Waals surface area contributed by atoms with Crippen molar-refractivity contribution in [2.24, 2.45) is 5.92 Å². The third-order valence-corrected chi connectivity index (χ3v) is 4.44. The summed E-state index contributed by atoms with van der Waals surface area (Å²) in [6.07, 6.45) is 0.624. The Balaban J connectivity index is 2.23. The number of nitrogens with one attached hydrogen (secondary N) is 1. The lowest BCUT2D eigenvalue weighted by Crippen LogP contribution is -2.50. The molecule has 122 valence electrons. The number of carbonyl (C=O) groups excluding carboxylic acids is 1. The van der Waals surface area contributed by atoms with Crippen molar-refractivity contribution in [2.75, 3.05) is 5.32 Å². The molecule has 0 aromatic heterocycles. The van der Waals surface area contributed by atoms with Gasteiger partial charge in [-0.05, 0) is 30.9 Å². The van der Waals surface area contributed by atoms with E-state index in [2.05, 4.69) is 33.1 Å². The van der Waals surface area contributed by atoms with Crippen LogP contribution in [0.5, 0.6) is 0 Å². The van der Waals surface area contributed by atoms with Gasteiger partial charge in [-0.15, -0.1) is 0 Å². The summed E-state index contributed by atoms with van der Waals surface area (Å²) in [5, 5.41) is 2.53. The Bertz CT molecular complexity index is 731. The zero-order valence-electron chi connectivity index (χ0n) is 12.2. The van der Waals surface area contributed by atoms with Crippen molar-refractivity contribution in [3.8, 4) is 11.8 Å². The van der Waals surface area contributed by atoms with E-state index in [1.807, 2.05) is 0 Å². The summed E-state index contributed by atoms with van der Waals surface area (Å²) in [5.41, 5.74) is -2.32. The van der Waals surface area contributed by atoms with Gasteiger partial charge in [0.15, 0.2) is 0 Å². The molecule has 23 heavy (non-hydrogen) atoms. The fourth-order valence-corrected chi connectivity index (χ4v) is 2.83. The van der Waals surface area contributed by atoms with Crippen molar-refractivity contribution in [3.63, 3.8) is 0 Å². The average molecular weight is 388 g/mol. The zero-order chi connectivity index (χ0) is 16.8. The molecule has 0 bridgehead atoms. The van der Waals surface area contributed by atoms with Crippen LogP contribution in [0.25, 0.3) is 0 Å². The molecule has 1 heterocycles. The monoisotopic (exact) mass is 387 g/mol. The number of cyclic esters (lactones) is 1. The van der Waals surface area contributed by atoms with E-state index in [9.17, 15) is 18.0 Å². The lowest BCUT2D eigenvalue weighted by atomic mass is 9.85. The van der Waals surface area contributed by atoms with Crippen LogP contribution in [0.15, 0.2) is 12.1 Å². The minimum absolute atomic E-state index is 0.0259. The van der Waals surface area contributed by atoms with Crippen molar-refractivity contribution in [3.05, 3.63) is 29.1 Å². The Morgan fingerprint density at radius 2 is 2.17 bits per heavy atom. The second-order valence-corrected chi connectivity index (χ2v) is 6.31. The van der Waals surface area contributed by atoms with Gasteiger partial charge in [-0.1, -0.05) is 21.9 Å². The van der Waals surface area contributed by atoms with Crippen molar-refractivity contribution in [2.45, 2.75) is 36.6 Å². The number of fused-ring (bicyclic) bond motifs is 1. The number of hydrogen-bond acceptors (Lipinski definition) is 2. The molecule has 0 saturated heterocycles. The van der Waals surface area contributed by atoms with Crippen molar-refractivity contribution < 1.29 is 22.7 Å². The van der Waals surface area contributed by atoms with Gasteiger partial charge in [-0.25, -0.2) is 18.0 Å². The molecule has 0 radical (unpaired) electrons. The van der Waals surface area contributed by atoms with Crippen molar-refractivity contribution >= 4 is 27.7 Å². The predicted octanol–water partition coefficient (Wildman–Crippen LogP) is 4.55. The molecule has 1 N–H and O–H groups in total. The molecule has 1 amide bonds. The van der Waals surface area contributed by atoms with Crippen LogP contribution in [0.2, 0.25) is 0 Å². The zero-order valence-corrected chi connectivity index (χ0v) is 13.8. The topological polar surface area (TPSA) is 38.3 Å².